The van der Waals surface area contributed by atoms with Gasteiger partial charge in [-0.1, -0.05) is 35.9 Å². The second kappa shape index (κ2) is 9.64. The van der Waals surface area contributed by atoms with Crippen molar-refractivity contribution in [3.63, 3.8) is 0 Å². The summed E-state index contributed by atoms with van der Waals surface area (Å²) < 4.78 is 15.9. The van der Waals surface area contributed by atoms with E-state index in [1.165, 1.54) is 14.2 Å². The molecule has 150 valence electrons. The minimum Gasteiger partial charge on any atom is -0.493 e. The van der Waals surface area contributed by atoms with Gasteiger partial charge in [0.25, 0.3) is 0 Å². The summed E-state index contributed by atoms with van der Waals surface area (Å²) in [6.45, 7) is 0. The highest BCUT2D eigenvalue weighted by molar-refractivity contribution is 6.30. The molecule has 3 aromatic carbocycles. The molecule has 0 bridgehead atoms. The zero-order valence-corrected chi connectivity index (χ0v) is 17.1. The molecular weight excluding hydrogens is 402 g/mol. The van der Waals surface area contributed by atoms with Crippen molar-refractivity contribution in [2.45, 2.75) is 0 Å². The van der Waals surface area contributed by atoms with Crippen molar-refractivity contribution in [3.8, 4) is 23.3 Å². The van der Waals surface area contributed by atoms with Gasteiger partial charge in [-0.05, 0) is 59.7 Å². The number of carbonyl (C=O) groups is 1. The van der Waals surface area contributed by atoms with Gasteiger partial charge in [0.15, 0.2) is 11.5 Å². The molecule has 3 aromatic rings. The summed E-state index contributed by atoms with van der Waals surface area (Å²) in [6, 6.07) is 20.9. The Labute approximate surface area is 179 Å². The fourth-order valence-electron chi connectivity index (χ4n) is 2.77. The Morgan fingerprint density at radius 2 is 1.63 bits per heavy atom. The average molecular weight is 420 g/mol. The number of halogens is 1. The Balaban J connectivity index is 1.82. The summed E-state index contributed by atoms with van der Waals surface area (Å²) in [5, 5.41) is 10.1. The Morgan fingerprint density at radius 3 is 2.30 bits per heavy atom. The maximum Gasteiger partial charge on any atom is 0.343 e. The second-order valence-electron chi connectivity index (χ2n) is 6.21. The lowest BCUT2D eigenvalue weighted by Crippen LogP contribution is -2.09. The van der Waals surface area contributed by atoms with Gasteiger partial charge >= 0.3 is 5.97 Å². The van der Waals surface area contributed by atoms with Gasteiger partial charge in [-0.2, -0.15) is 5.26 Å². The van der Waals surface area contributed by atoms with Gasteiger partial charge in [0, 0.05) is 5.02 Å². The standard InChI is InChI=1S/C24H18ClNO4/c1-28-22-11-8-18(14-23(22)29-2)24(27)30-21-5-3-4-16(13-21)12-19(15-26)17-6-9-20(25)10-7-17/h3-14H,1-2H3/b19-12-. The van der Waals surface area contributed by atoms with Crippen molar-refractivity contribution in [2.24, 2.45) is 0 Å². The number of carbonyl (C=O) groups excluding carboxylic acids is 1. The number of hydrogen-bond donors (Lipinski definition) is 0. The predicted octanol–water partition coefficient (Wildman–Crippen LogP) is 5.64. The molecule has 0 saturated heterocycles. The largest absolute Gasteiger partial charge is 0.493 e. The number of ether oxygens (including phenoxy) is 3. The lowest BCUT2D eigenvalue weighted by atomic mass is 10.0. The van der Waals surface area contributed by atoms with E-state index in [1.54, 1.807) is 66.7 Å². The zero-order valence-electron chi connectivity index (χ0n) is 16.4. The maximum absolute atomic E-state index is 12.5. The van der Waals surface area contributed by atoms with Crippen LogP contribution in [-0.4, -0.2) is 20.2 Å². The molecule has 0 radical (unpaired) electrons. The first-order valence-electron chi connectivity index (χ1n) is 8.96. The minimum atomic E-state index is -0.532. The molecule has 30 heavy (non-hydrogen) atoms. The summed E-state index contributed by atoms with van der Waals surface area (Å²) in [5.74, 6) is 0.782. The molecule has 0 amide bonds. The van der Waals surface area contributed by atoms with Crippen LogP contribution in [0.4, 0.5) is 0 Å². The van der Waals surface area contributed by atoms with Crippen molar-refractivity contribution in [1.82, 2.24) is 0 Å². The summed E-state index contributed by atoms with van der Waals surface area (Å²) >= 11 is 5.91. The van der Waals surface area contributed by atoms with E-state index in [2.05, 4.69) is 6.07 Å². The number of nitriles is 1. The van der Waals surface area contributed by atoms with Gasteiger partial charge in [0.2, 0.25) is 0 Å². The molecule has 0 aliphatic rings. The molecule has 6 heteroatoms. The number of nitrogens with zero attached hydrogens (tertiary/aromatic N) is 1. The number of allylic oxidation sites excluding steroid dienone is 1. The van der Waals surface area contributed by atoms with Crippen LogP contribution in [0.5, 0.6) is 17.2 Å². The monoisotopic (exact) mass is 419 g/mol. The highest BCUT2D eigenvalue weighted by atomic mass is 35.5. The van der Waals surface area contributed by atoms with Crippen LogP contribution in [-0.2, 0) is 0 Å². The van der Waals surface area contributed by atoms with E-state index in [1.807, 2.05) is 6.07 Å². The van der Waals surface area contributed by atoms with Crippen LogP contribution in [0.1, 0.15) is 21.5 Å². The summed E-state index contributed by atoms with van der Waals surface area (Å²) in [4.78, 5) is 12.5. The Kier molecular flexibility index (Phi) is 6.74. The van der Waals surface area contributed by atoms with E-state index in [0.717, 1.165) is 11.1 Å². The average Bonchev–Trinajstić information content (AvgIpc) is 2.77. The highest BCUT2D eigenvalue weighted by Gasteiger charge is 2.13. The van der Waals surface area contributed by atoms with E-state index in [0.29, 0.717) is 33.4 Å². The Bertz CT molecular complexity index is 1130. The molecule has 0 aromatic heterocycles. The van der Waals surface area contributed by atoms with Gasteiger partial charge in [-0.15, -0.1) is 0 Å². The normalized spacial score (nSPS) is 10.8. The quantitative estimate of drug-likeness (QED) is 0.224. The number of rotatable bonds is 6. The van der Waals surface area contributed by atoms with E-state index < -0.39 is 5.97 Å². The third-order valence-electron chi connectivity index (χ3n) is 4.27. The van der Waals surface area contributed by atoms with Crippen LogP contribution >= 0.6 is 11.6 Å². The van der Waals surface area contributed by atoms with Crippen LogP contribution in [0.3, 0.4) is 0 Å². The second-order valence-corrected chi connectivity index (χ2v) is 6.64. The van der Waals surface area contributed by atoms with Crippen LogP contribution in [0.25, 0.3) is 11.6 Å². The van der Waals surface area contributed by atoms with Crippen LogP contribution in [0.15, 0.2) is 66.7 Å². The van der Waals surface area contributed by atoms with Crippen LogP contribution in [0, 0.1) is 11.3 Å². The first kappa shape index (κ1) is 21.0. The smallest absolute Gasteiger partial charge is 0.343 e. The molecule has 0 fully saturated rings. The predicted molar refractivity (Wildman–Crippen MR) is 116 cm³/mol. The molecule has 0 spiro atoms. The van der Waals surface area contributed by atoms with Crippen molar-refractivity contribution in [1.29, 1.82) is 5.26 Å². The molecule has 3 rings (SSSR count). The Morgan fingerprint density at radius 1 is 0.933 bits per heavy atom. The SMILES string of the molecule is COc1ccc(C(=O)Oc2cccc(/C=C(/C#N)c3ccc(Cl)cc3)c2)cc1OC. The van der Waals surface area contributed by atoms with Gasteiger partial charge in [0.1, 0.15) is 5.75 Å². The van der Waals surface area contributed by atoms with Crippen molar-refractivity contribution in [2.75, 3.05) is 14.2 Å². The lowest BCUT2D eigenvalue weighted by Gasteiger charge is -2.10. The molecule has 0 unspecified atom stereocenters. The first-order valence-corrected chi connectivity index (χ1v) is 9.34. The molecule has 0 aliphatic carbocycles. The van der Waals surface area contributed by atoms with Gasteiger partial charge in [-0.25, -0.2) is 4.79 Å². The first-order chi connectivity index (χ1) is 14.5. The fraction of sp³-hybridized carbons (Fsp3) is 0.0833. The fourth-order valence-corrected chi connectivity index (χ4v) is 2.90. The van der Waals surface area contributed by atoms with Gasteiger partial charge < -0.3 is 14.2 Å². The van der Waals surface area contributed by atoms with Crippen LogP contribution < -0.4 is 14.2 Å². The molecule has 0 heterocycles. The third-order valence-corrected chi connectivity index (χ3v) is 4.53. The topological polar surface area (TPSA) is 68.5 Å². The van der Waals surface area contributed by atoms with E-state index in [-0.39, 0.29) is 0 Å². The molecule has 0 saturated carbocycles. The molecule has 0 N–H and O–H groups in total. The zero-order chi connectivity index (χ0) is 21.5. The lowest BCUT2D eigenvalue weighted by molar-refractivity contribution is 0.0734. The van der Waals surface area contributed by atoms with Crippen molar-refractivity contribution >= 4 is 29.2 Å². The van der Waals surface area contributed by atoms with E-state index >= 15 is 0 Å². The van der Waals surface area contributed by atoms with Crippen molar-refractivity contribution < 1.29 is 19.0 Å². The molecular formula is C24H18ClNO4. The van der Waals surface area contributed by atoms with E-state index in [9.17, 15) is 10.1 Å². The van der Waals surface area contributed by atoms with Gasteiger partial charge in [-0.3, -0.25) is 0 Å². The molecule has 0 aliphatic heterocycles. The summed E-state index contributed by atoms with van der Waals surface area (Å²) in [6.07, 6.45) is 1.72. The van der Waals surface area contributed by atoms with Crippen LogP contribution in [0.2, 0.25) is 5.02 Å². The number of esters is 1. The summed E-state index contributed by atoms with van der Waals surface area (Å²) in [5.41, 5.74) is 2.26. The third kappa shape index (κ3) is 4.99. The molecule has 0 atom stereocenters. The number of methoxy groups -OCH3 is 2. The number of benzene rings is 3. The maximum atomic E-state index is 12.5. The highest BCUT2D eigenvalue weighted by Crippen LogP contribution is 2.28. The number of hydrogen-bond acceptors (Lipinski definition) is 5. The van der Waals surface area contributed by atoms with Crippen molar-refractivity contribution in [3.05, 3.63) is 88.4 Å². The van der Waals surface area contributed by atoms with E-state index in [4.69, 9.17) is 25.8 Å². The summed E-state index contributed by atoms with van der Waals surface area (Å²) in [7, 11) is 3.02. The molecule has 5 nitrogen and oxygen atoms in total. The minimum absolute atomic E-state index is 0.326. The Hall–Kier alpha value is -3.75. The van der Waals surface area contributed by atoms with Gasteiger partial charge in [0.05, 0.1) is 31.4 Å².